The summed E-state index contributed by atoms with van der Waals surface area (Å²) in [7, 11) is 1.47. The Balaban J connectivity index is 3.10. The highest BCUT2D eigenvalue weighted by Crippen LogP contribution is 2.25. The molecule has 0 radical (unpaired) electrons. The first kappa shape index (κ1) is 16.1. The molecule has 0 saturated carbocycles. The first-order valence-corrected chi connectivity index (χ1v) is 5.85. The van der Waals surface area contributed by atoms with Crippen LogP contribution in [0, 0.1) is 0 Å². The van der Waals surface area contributed by atoms with Gasteiger partial charge in [-0.3, -0.25) is 0 Å². The van der Waals surface area contributed by atoms with E-state index in [1.807, 2.05) is 0 Å². The van der Waals surface area contributed by atoms with Crippen molar-refractivity contribution in [2.75, 3.05) is 7.11 Å². The minimum atomic E-state index is -4.66. The SMILES string of the molecule is COc1ccc(N=C(N=NC(C)(C)C)C(F)(F)F)cc1. The number of benzene rings is 1. The molecule has 1 rings (SSSR count). The van der Waals surface area contributed by atoms with Crippen molar-refractivity contribution in [3.63, 3.8) is 0 Å². The fraction of sp³-hybridized carbons (Fsp3) is 0.462. The van der Waals surface area contributed by atoms with Crippen LogP contribution in [-0.4, -0.2) is 24.7 Å². The monoisotopic (exact) mass is 287 g/mol. The van der Waals surface area contributed by atoms with E-state index in [1.54, 1.807) is 20.8 Å². The molecule has 0 aliphatic heterocycles. The van der Waals surface area contributed by atoms with Crippen LogP contribution in [0.1, 0.15) is 20.8 Å². The molecule has 20 heavy (non-hydrogen) atoms. The highest BCUT2D eigenvalue weighted by atomic mass is 19.4. The summed E-state index contributed by atoms with van der Waals surface area (Å²) < 4.78 is 43.4. The fourth-order valence-electron chi connectivity index (χ4n) is 1.12. The maximum atomic E-state index is 12.8. The molecule has 0 heterocycles. The molecule has 1 aromatic rings. The van der Waals surface area contributed by atoms with Crippen LogP contribution in [-0.2, 0) is 0 Å². The lowest BCUT2D eigenvalue weighted by atomic mass is 10.1. The fourth-order valence-corrected chi connectivity index (χ4v) is 1.12. The van der Waals surface area contributed by atoms with Crippen LogP contribution < -0.4 is 4.74 Å². The zero-order chi connectivity index (χ0) is 15.4. The van der Waals surface area contributed by atoms with E-state index < -0.39 is 17.6 Å². The third-order valence-corrected chi connectivity index (χ3v) is 2.01. The number of nitrogens with zero attached hydrogens (tertiary/aromatic N) is 3. The number of amidine groups is 1. The summed E-state index contributed by atoms with van der Waals surface area (Å²) in [5.41, 5.74) is -0.572. The number of methoxy groups -OCH3 is 1. The lowest BCUT2D eigenvalue weighted by molar-refractivity contribution is -0.0600. The molecule has 0 spiro atoms. The van der Waals surface area contributed by atoms with E-state index >= 15 is 0 Å². The first-order valence-electron chi connectivity index (χ1n) is 5.85. The van der Waals surface area contributed by atoms with E-state index in [-0.39, 0.29) is 5.69 Å². The lowest BCUT2D eigenvalue weighted by Gasteiger charge is -2.11. The van der Waals surface area contributed by atoms with Gasteiger partial charge in [0.1, 0.15) is 5.75 Å². The van der Waals surface area contributed by atoms with E-state index in [0.29, 0.717) is 5.75 Å². The number of alkyl halides is 3. The van der Waals surface area contributed by atoms with Crippen LogP contribution in [0.15, 0.2) is 39.5 Å². The summed E-state index contributed by atoms with van der Waals surface area (Å²) in [5, 5.41) is 6.83. The van der Waals surface area contributed by atoms with Gasteiger partial charge in [-0.15, -0.1) is 5.11 Å². The van der Waals surface area contributed by atoms with Gasteiger partial charge in [0.2, 0.25) is 0 Å². The molecule has 0 atom stereocenters. The van der Waals surface area contributed by atoms with Crippen molar-refractivity contribution in [3.8, 4) is 5.75 Å². The van der Waals surface area contributed by atoms with Gasteiger partial charge >= 0.3 is 6.18 Å². The Kier molecular flexibility index (Phi) is 4.86. The Labute approximate surface area is 115 Å². The van der Waals surface area contributed by atoms with Crippen molar-refractivity contribution in [2.24, 2.45) is 15.2 Å². The zero-order valence-corrected chi connectivity index (χ0v) is 11.7. The third kappa shape index (κ3) is 5.38. The number of hydrogen-bond donors (Lipinski definition) is 0. The molecular formula is C13H16F3N3O. The predicted octanol–water partition coefficient (Wildman–Crippen LogP) is 4.54. The molecule has 0 bridgehead atoms. The van der Waals surface area contributed by atoms with Crippen LogP contribution in [0.5, 0.6) is 5.75 Å². The minimum Gasteiger partial charge on any atom is -0.497 e. The first-order chi connectivity index (χ1) is 9.12. The van der Waals surface area contributed by atoms with Crippen LogP contribution in [0.4, 0.5) is 18.9 Å². The Morgan fingerprint density at radius 1 is 1.05 bits per heavy atom. The summed E-state index contributed by atoms with van der Waals surface area (Å²) in [6.07, 6.45) is -4.66. The lowest BCUT2D eigenvalue weighted by Crippen LogP contribution is -2.21. The van der Waals surface area contributed by atoms with Crippen LogP contribution in [0.25, 0.3) is 0 Å². The van der Waals surface area contributed by atoms with E-state index in [9.17, 15) is 13.2 Å². The van der Waals surface area contributed by atoms with Crippen LogP contribution >= 0.6 is 0 Å². The average Bonchev–Trinajstić information content (AvgIpc) is 2.32. The Morgan fingerprint density at radius 2 is 1.60 bits per heavy atom. The van der Waals surface area contributed by atoms with Crippen molar-refractivity contribution in [3.05, 3.63) is 24.3 Å². The van der Waals surface area contributed by atoms with Crippen molar-refractivity contribution >= 4 is 11.5 Å². The summed E-state index contributed by atoms with van der Waals surface area (Å²) in [6, 6.07) is 5.87. The molecule has 110 valence electrons. The third-order valence-electron chi connectivity index (χ3n) is 2.01. The molecule has 0 unspecified atom stereocenters. The van der Waals surface area contributed by atoms with Crippen LogP contribution in [0.2, 0.25) is 0 Å². The van der Waals surface area contributed by atoms with Gasteiger partial charge in [-0.05, 0) is 45.0 Å². The Hall–Kier alpha value is -1.92. The van der Waals surface area contributed by atoms with Crippen molar-refractivity contribution in [1.82, 2.24) is 0 Å². The van der Waals surface area contributed by atoms with E-state index in [4.69, 9.17) is 4.74 Å². The second-order valence-electron chi connectivity index (χ2n) is 5.00. The van der Waals surface area contributed by atoms with E-state index in [0.717, 1.165) is 0 Å². The zero-order valence-electron chi connectivity index (χ0n) is 11.7. The molecule has 0 fully saturated rings. The Bertz CT molecular complexity index is 499. The Morgan fingerprint density at radius 3 is 2.00 bits per heavy atom. The molecule has 0 saturated heterocycles. The smallest absolute Gasteiger partial charge is 0.453 e. The number of aliphatic imine (C=N–C) groups is 1. The second kappa shape index (κ2) is 6.02. The number of halogens is 3. The average molecular weight is 287 g/mol. The second-order valence-corrected chi connectivity index (χ2v) is 5.00. The predicted molar refractivity (Wildman–Crippen MR) is 70.8 cm³/mol. The molecule has 0 aliphatic rings. The van der Waals surface area contributed by atoms with Gasteiger partial charge in [-0.1, -0.05) is 0 Å². The normalized spacial score (nSPS) is 13.8. The van der Waals surface area contributed by atoms with Gasteiger partial charge in [0.15, 0.2) is 0 Å². The molecule has 1 aromatic carbocycles. The summed E-state index contributed by atoms with van der Waals surface area (Å²) in [6.45, 7) is 4.95. The van der Waals surface area contributed by atoms with Gasteiger partial charge in [0, 0.05) is 0 Å². The molecular weight excluding hydrogens is 271 g/mol. The molecule has 7 heteroatoms. The standard InChI is InChI=1S/C13H16F3N3O/c1-12(2,3)19-18-11(13(14,15)16)17-9-5-7-10(20-4)8-6-9/h5-8H,1-4H3. The largest absolute Gasteiger partial charge is 0.497 e. The molecule has 0 aliphatic carbocycles. The summed E-state index contributed by atoms with van der Waals surface area (Å²) in [4.78, 5) is 3.48. The number of azo groups is 1. The van der Waals surface area contributed by atoms with Crippen molar-refractivity contribution in [1.29, 1.82) is 0 Å². The van der Waals surface area contributed by atoms with Crippen molar-refractivity contribution < 1.29 is 17.9 Å². The van der Waals surface area contributed by atoms with E-state index in [2.05, 4.69) is 15.2 Å². The van der Waals surface area contributed by atoms with Crippen molar-refractivity contribution in [2.45, 2.75) is 32.5 Å². The molecule has 0 aromatic heterocycles. The van der Waals surface area contributed by atoms with Gasteiger partial charge in [-0.2, -0.15) is 18.3 Å². The molecule has 0 amide bonds. The maximum Gasteiger partial charge on any atom is 0.453 e. The van der Waals surface area contributed by atoms with Gasteiger partial charge in [0.25, 0.3) is 5.84 Å². The molecule has 4 nitrogen and oxygen atoms in total. The topological polar surface area (TPSA) is 46.3 Å². The quantitative estimate of drug-likeness (QED) is 0.447. The number of rotatable bonds is 2. The van der Waals surface area contributed by atoms with E-state index in [1.165, 1.54) is 31.4 Å². The van der Waals surface area contributed by atoms with Gasteiger partial charge in [-0.25, -0.2) is 4.99 Å². The summed E-state index contributed by atoms with van der Waals surface area (Å²) in [5.74, 6) is -0.744. The number of hydrogen-bond acceptors (Lipinski definition) is 3. The van der Waals surface area contributed by atoms with Gasteiger partial charge in [0.05, 0.1) is 18.3 Å². The van der Waals surface area contributed by atoms with Crippen LogP contribution in [0.3, 0.4) is 0 Å². The highest BCUT2D eigenvalue weighted by molar-refractivity contribution is 5.90. The minimum absolute atomic E-state index is 0.131. The van der Waals surface area contributed by atoms with Gasteiger partial charge < -0.3 is 4.74 Å². The number of ether oxygens (including phenoxy) is 1. The highest BCUT2D eigenvalue weighted by Gasteiger charge is 2.37. The molecule has 0 N–H and O–H groups in total. The maximum absolute atomic E-state index is 12.8. The summed E-state index contributed by atoms with van der Waals surface area (Å²) >= 11 is 0.